The van der Waals surface area contributed by atoms with Gasteiger partial charge in [0.2, 0.25) is 11.9 Å². The molecular formula is C10H14N4O2. The zero-order valence-corrected chi connectivity index (χ0v) is 9.06. The van der Waals surface area contributed by atoms with Crippen LogP contribution in [0.3, 0.4) is 0 Å². The van der Waals surface area contributed by atoms with E-state index in [9.17, 15) is 4.79 Å². The molecule has 16 heavy (non-hydrogen) atoms. The van der Waals surface area contributed by atoms with Crippen molar-refractivity contribution in [3.05, 3.63) is 0 Å². The van der Waals surface area contributed by atoms with Crippen molar-refractivity contribution in [3.63, 3.8) is 0 Å². The van der Waals surface area contributed by atoms with Gasteiger partial charge in [-0.1, -0.05) is 6.42 Å². The van der Waals surface area contributed by atoms with Gasteiger partial charge in [0, 0.05) is 5.92 Å². The number of rotatable bonds is 3. The summed E-state index contributed by atoms with van der Waals surface area (Å²) in [5.74, 6) is 1.86. The first kappa shape index (κ1) is 9.62. The van der Waals surface area contributed by atoms with E-state index in [1.807, 2.05) is 0 Å². The van der Waals surface area contributed by atoms with Crippen molar-refractivity contribution < 1.29 is 9.53 Å². The average Bonchev–Trinajstić information content (AvgIpc) is 2.72. The fraction of sp³-hybridized carbons (Fsp3) is 0.700. The number of nitrogens with one attached hydrogen (secondary N) is 2. The van der Waals surface area contributed by atoms with Gasteiger partial charge in [-0.05, 0) is 24.7 Å². The second-order valence-corrected chi connectivity index (χ2v) is 4.44. The Morgan fingerprint density at radius 2 is 2.25 bits per heavy atom. The van der Waals surface area contributed by atoms with E-state index < -0.39 is 0 Å². The lowest BCUT2D eigenvalue weighted by Gasteiger charge is -2.02. The predicted molar refractivity (Wildman–Crippen MR) is 55.9 cm³/mol. The van der Waals surface area contributed by atoms with Crippen molar-refractivity contribution in [3.8, 4) is 6.01 Å². The second kappa shape index (κ2) is 3.47. The number of methoxy groups -OCH3 is 1. The minimum Gasteiger partial charge on any atom is -0.466 e. The normalized spacial score (nSPS) is 30.9. The van der Waals surface area contributed by atoms with E-state index in [2.05, 4.69) is 20.5 Å². The first-order chi connectivity index (χ1) is 7.79. The van der Waals surface area contributed by atoms with Crippen molar-refractivity contribution in [1.82, 2.24) is 15.2 Å². The van der Waals surface area contributed by atoms with Crippen LogP contribution in [0.2, 0.25) is 0 Å². The van der Waals surface area contributed by atoms with Gasteiger partial charge in [-0.15, -0.1) is 5.10 Å². The van der Waals surface area contributed by atoms with E-state index in [0.717, 1.165) is 0 Å². The molecule has 2 saturated carbocycles. The van der Waals surface area contributed by atoms with Crippen LogP contribution in [0.5, 0.6) is 6.01 Å². The summed E-state index contributed by atoms with van der Waals surface area (Å²) >= 11 is 0. The fourth-order valence-electron chi connectivity index (χ4n) is 2.80. The van der Waals surface area contributed by atoms with E-state index >= 15 is 0 Å². The smallest absolute Gasteiger partial charge is 0.336 e. The zero-order valence-electron chi connectivity index (χ0n) is 9.06. The highest BCUT2D eigenvalue weighted by Gasteiger charge is 2.56. The van der Waals surface area contributed by atoms with E-state index in [-0.39, 0.29) is 17.8 Å². The number of nitrogens with zero attached hydrogens (tertiary/aromatic N) is 2. The maximum Gasteiger partial charge on any atom is 0.336 e. The number of aromatic amines is 1. The zero-order chi connectivity index (χ0) is 11.1. The molecule has 86 valence electrons. The minimum atomic E-state index is 0.0634. The number of hydrogen-bond acceptors (Lipinski definition) is 4. The molecule has 2 unspecified atom stereocenters. The average molecular weight is 222 g/mol. The van der Waals surface area contributed by atoms with Crippen LogP contribution in [0.15, 0.2) is 0 Å². The van der Waals surface area contributed by atoms with Crippen LogP contribution < -0.4 is 10.1 Å². The topological polar surface area (TPSA) is 79.9 Å². The van der Waals surface area contributed by atoms with E-state index in [1.54, 1.807) is 0 Å². The van der Waals surface area contributed by atoms with Crippen LogP contribution >= 0.6 is 0 Å². The summed E-state index contributed by atoms with van der Waals surface area (Å²) in [6.45, 7) is 0. The molecule has 1 heterocycles. The molecule has 0 aliphatic heterocycles. The van der Waals surface area contributed by atoms with Crippen LogP contribution in [-0.4, -0.2) is 28.2 Å². The van der Waals surface area contributed by atoms with Gasteiger partial charge in [-0.25, -0.2) is 5.10 Å². The van der Waals surface area contributed by atoms with Crippen molar-refractivity contribution in [2.75, 3.05) is 12.4 Å². The van der Waals surface area contributed by atoms with Gasteiger partial charge in [0.15, 0.2) is 0 Å². The molecule has 0 radical (unpaired) electrons. The molecule has 1 aromatic rings. The quantitative estimate of drug-likeness (QED) is 0.792. The van der Waals surface area contributed by atoms with E-state index in [1.165, 1.54) is 26.4 Å². The molecule has 0 saturated heterocycles. The highest BCUT2D eigenvalue weighted by Crippen LogP contribution is 2.57. The monoisotopic (exact) mass is 222 g/mol. The molecule has 2 fully saturated rings. The number of hydrogen-bond donors (Lipinski definition) is 2. The summed E-state index contributed by atoms with van der Waals surface area (Å²) < 4.78 is 4.82. The highest BCUT2D eigenvalue weighted by atomic mass is 16.5. The first-order valence-electron chi connectivity index (χ1n) is 5.57. The molecule has 1 aromatic heterocycles. The molecule has 0 aromatic carbocycles. The lowest BCUT2D eigenvalue weighted by Crippen LogP contribution is -2.17. The maximum absolute atomic E-state index is 11.8. The summed E-state index contributed by atoms with van der Waals surface area (Å²) in [7, 11) is 1.49. The van der Waals surface area contributed by atoms with Gasteiger partial charge in [-0.3, -0.25) is 10.1 Å². The molecule has 0 bridgehead atoms. The molecule has 3 rings (SSSR count). The molecule has 2 atom stereocenters. The van der Waals surface area contributed by atoms with Crippen LogP contribution in [0.1, 0.15) is 19.3 Å². The largest absolute Gasteiger partial charge is 0.466 e. The fourth-order valence-corrected chi connectivity index (χ4v) is 2.80. The molecule has 0 spiro atoms. The van der Waals surface area contributed by atoms with Gasteiger partial charge >= 0.3 is 6.01 Å². The molecule has 2 aliphatic carbocycles. The third-order valence-corrected chi connectivity index (χ3v) is 3.60. The van der Waals surface area contributed by atoms with Crippen molar-refractivity contribution in [2.45, 2.75) is 19.3 Å². The Labute approximate surface area is 92.8 Å². The van der Waals surface area contributed by atoms with E-state index in [4.69, 9.17) is 4.74 Å². The van der Waals surface area contributed by atoms with Crippen molar-refractivity contribution in [1.29, 1.82) is 0 Å². The Balaban J connectivity index is 1.60. The molecule has 2 N–H and O–H groups in total. The summed E-state index contributed by atoms with van der Waals surface area (Å²) in [6, 6.07) is 0.242. The second-order valence-electron chi connectivity index (χ2n) is 4.44. The van der Waals surface area contributed by atoms with E-state index in [0.29, 0.717) is 17.8 Å². The lowest BCUT2D eigenvalue weighted by molar-refractivity contribution is -0.118. The predicted octanol–water partition coefficient (Wildman–Crippen LogP) is 0.798. The van der Waals surface area contributed by atoms with Crippen LogP contribution in [0.4, 0.5) is 5.95 Å². The number of aromatic nitrogens is 3. The Kier molecular flexibility index (Phi) is 2.08. The molecule has 6 nitrogen and oxygen atoms in total. The summed E-state index contributed by atoms with van der Waals surface area (Å²) in [5, 5.41) is 9.12. The van der Waals surface area contributed by atoms with Crippen molar-refractivity contribution >= 4 is 11.9 Å². The van der Waals surface area contributed by atoms with Crippen molar-refractivity contribution in [2.24, 2.45) is 17.8 Å². The van der Waals surface area contributed by atoms with Gasteiger partial charge in [0.25, 0.3) is 0 Å². The van der Waals surface area contributed by atoms with Crippen LogP contribution in [0.25, 0.3) is 0 Å². The number of amides is 1. The SMILES string of the molecule is COc1n[nH]c(NC(=O)C2C3CCCC32)n1. The van der Waals surface area contributed by atoms with Gasteiger partial charge in [0.1, 0.15) is 0 Å². The molecule has 6 heteroatoms. The number of anilines is 1. The van der Waals surface area contributed by atoms with Gasteiger partial charge < -0.3 is 4.74 Å². The molecule has 2 aliphatic rings. The number of fused-ring (bicyclic) bond motifs is 1. The molecule has 1 amide bonds. The Morgan fingerprint density at radius 3 is 2.88 bits per heavy atom. The summed E-state index contributed by atoms with van der Waals surface area (Å²) in [4.78, 5) is 15.8. The third kappa shape index (κ3) is 1.45. The highest BCUT2D eigenvalue weighted by molar-refractivity contribution is 5.93. The number of carbonyl (C=O) groups excluding carboxylic acids is 1. The maximum atomic E-state index is 11.8. The minimum absolute atomic E-state index is 0.0634. The lowest BCUT2D eigenvalue weighted by atomic mass is 10.1. The van der Waals surface area contributed by atoms with Gasteiger partial charge in [-0.2, -0.15) is 4.98 Å². The van der Waals surface area contributed by atoms with Crippen LogP contribution in [-0.2, 0) is 4.79 Å². The Morgan fingerprint density at radius 1 is 1.50 bits per heavy atom. The van der Waals surface area contributed by atoms with Crippen LogP contribution in [0, 0.1) is 17.8 Å². The number of H-pyrrole nitrogens is 1. The molecular weight excluding hydrogens is 208 g/mol. The Bertz CT molecular complexity index is 407. The number of ether oxygens (including phenoxy) is 1. The first-order valence-corrected chi connectivity index (χ1v) is 5.57. The Hall–Kier alpha value is -1.59. The van der Waals surface area contributed by atoms with Gasteiger partial charge in [0.05, 0.1) is 7.11 Å². The summed E-state index contributed by atoms with van der Waals surface area (Å²) in [6.07, 6.45) is 3.67. The summed E-state index contributed by atoms with van der Waals surface area (Å²) in [5.41, 5.74) is 0. The standard InChI is InChI=1S/C10H14N4O2/c1-16-10-12-9(13-14-10)11-8(15)7-5-3-2-4-6(5)7/h5-7H,2-4H2,1H3,(H2,11,12,13,14,15). The number of carbonyl (C=O) groups is 1. The third-order valence-electron chi connectivity index (χ3n) is 3.60.